The molecule has 1 unspecified atom stereocenters. The van der Waals surface area contributed by atoms with Gasteiger partial charge in [0.1, 0.15) is 0 Å². The van der Waals surface area contributed by atoms with Crippen LogP contribution in [-0.2, 0) is 0 Å². The Morgan fingerprint density at radius 3 is 2.67 bits per heavy atom. The molecule has 1 aliphatic rings. The number of aromatic nitrogens is 2. The number of methoxy groups -OCH3 is 1. The molecule has 6 nitrogen and oxygen atoms in total. The fraction of sp³-hybridized carbons (Fsp3) is 0.292. The molecule has 0 saturated carbocycles. The Morgan fingerprint density at radius 1 is 1.24 bits per heavy atom. The number of nitrogens with zero attached hydrogens (tertiary/aromatic N) is 3. The summed E-state index contributed by atoms with van der Waals surface area (Å²) >= 11 is 11.8. The second-order valence-electron chi connectivity index (χ2n) is 7.71. The molecule has 0 amide bonds. The van der Waals surface area contributed by atoms with E-state index < -0.39 is 5.82 Å². The van der Waals surface area contributed by atoms with Crippen molar-refractivity contribution in [3.63, 3.8) is 0 Å². The molecule has 33 heavy (non-hydrogen) atoms. The summed E-state index contributed by atoms with van der Waals surface area (Å²) in [5.41, 5.74) is 3.20. The second kappa shape index (κ2) is 9.89. The molecule has 0 radical (unpaired) electrons. The average molecular weight is 487 g/mol. The molecule has 0 spiro atoms. The molecule has 9 heteroatoms. The van der Waals surface area contributed by atoms with Gasteiger partial charge in [-0.25, -0.2) is 4.39 Å². The number of nitrogens with one attached hydrogen (secondary N) is 1. The zero-order chi connectivity index (χ0) is 23.5. The molecule has 1 atom stereocenters. The Labute approximate surface area is 202 Å². The van der Waals surface area contributed by atoms with Crippen LogP contribution in [0.25, 0.3) is 17.0 Å². The number of benzene rings is 2. The summed E-state index contributed by atoms with van der Waals surface area (Å²) < 4.78 is 24.9. The summed E-state index contributed by atoms with van der Waals surface area (Å²) in [6.45, 7) is 4.91. The fourth-order valence-electron chi connectivity index (χ4n) is 3.80. The van der Waals surface area contributed by atoms with Gasteiger partial charge in [-0.2, -0.15) is 4.98 Å². The maximum Gasteiger partial charge on any atom is 0.258 e. The molecule has 1 N–H and O–H groups in total. The molecule has 0 aliphatic carbocycles. The van der Waals surface area contributed by atoms with E-state index >= 15 is 0 Å². The summed E-state index contributed by atoms with van der Waals surface area (Å²) in [6.07, 6.45) is 2.02. The third kappa shape index (κ3) is 4.72. The van der Waals surface area contributed by atoms with Crippen LogP contribution in [-0.4, -0.2) is 33.8 Å². The lowest BCUT2D eigenvalue weighted by Gasteiger charge is -2.37. The number of rotatable bonds is 7. The van der Waals surface area contributed by atoms with Gasteiger partial charge in [-0.1, -0.05) is 42.2 Å². The average Bonchev–Trinajstić information content (AvgIpc) is 3.29. The monoisotopic (exact) mass is 486 g/mol. The van der Waals surface area contributed by atoms with Crippen LogP contribution in [0.3, 0.4) is 0 Å². The highest BCUT2D eigenvalue weighted by Gasteiger charge is 2.33. The van der Waals surface area contributed by atoms with Crippen molar-refractivity contribution in [2.75, 3.05) is 13.7 Å². The van der Waals surface area contributed by atoms with E-state index in [0.29, 0.717) is 21.6 Å². The minimum Gasteiger partial charge on any atom is -0.494 e. The predicted molar refractivity (Wildman–Crippen MR) is 130 cm³/mol. The van der Waals surface area contributed by atoms with E-state index in [4.69, 9.17) is 33.1 Å². The minimum absolute atomic E-state index is 0.153. The summed E-state index contributed by atoms with van der Waals surface area (Å²) in [4.78, 5) is 6.66. The largest absolute Gasteiger partial charge is 0.494 e. The third-order valence-electron chi connectivity index (χ3n) is 5.60. The van der Waals surface area contributed by atoms with Gasteiger partial charge in [-0.3, -0.25) is 0 Å². The Morgan fingerprint density at radius 2 is 2.00 bits per heavy atom. The van der Waals surface area contributed by atoms with Gasteiger partial charge in [0.05, 0.1) is 18.7 Å². The SMILES string of the molecule is CCCCN1C(=S)NC(c2ccc(Cl)cc2)C(c2nc(-c3ccc(OC)c(F)c3)no2)=C1C. The first-order chi connectivity index (χ1) is 15.9. The van der Waals surface area contributed by atoms with Crippen molar-refractivity contribution in [1.82, 2.24) is 20.4 Å². The standard InChI is InChI=1S/C24H24ClFN4O2S/c1-4-5-12-30-14(2)20(21(27-24(30)33)15-6-9-17(25)10-7-15)23-28-22(29-32-23)16-8-11-19(31-3)18(26)13-16/h6-11,13,21H,4-5,12H2,1-3H3,(H,27,33). The maximum atomic E-state index is 14.2. The van der Waals surface area contributed by atoms with E-state index in [2.05, 4.69) is 27.3 Å². The minimum atomic E-state index is -0.494. The van der Waals surface area contributed by atoms with Crippen LogP contribution in [0.15, 0.2) is 52.7 Å². The predicted octanol–water partition coefficient (Wildman–Crippen LogP) is 6.00. The van der Waals surface area contributed by atoms with Crippen LogP contribution >= 0.6 is 23.8 Å². The van der Waals surface area contributed by atoms with E-state index in [9.17, 15) is 4.39 Å². The number of thiocarbonyl (C=S) groups is 1. The highest BCUT2D eigenvalue weighted by atomic mass is 35.5. The van der Waals surface area contributed by atoms with Crippen LogP contribution in [0.1, 0.15) is 44.2 Å². The van der Waals surface area contributed by atoms with E-state index in [1.165, 1.54) is 19.2 Å². The molecule has 172 valence electrons. The third-order valence-corrected chi connectivity index (χ3v) is 6.19. The van der Waals surface area contributed by atoms with Crippen molar-refractivity contribution >= 4 is 34.5 Å². The van der Waals surface area contributed by atoms with Gasteiger partial charge in [-0.15, -0.1) is 0 Å². The first-order valence-corrected chi connectivity index (χ1v) is 11.4. The van der Waals surface area contributed by atoms with Crippen LogP contribution in [0.2, 0.25) is 5.02 Å². The summed E-state index contributed by atoms with van der Waals surface area (Å²) in [7, 11) is 1.42. The van der Waals surface area contributed by atoms with Crippen LogP contribution in [0, 0.1) is 5.82 Å². The summed E-state index contributed by atoms with van der Waals surface area (Å²) in [5, 5.41) is 8.81. The van der Waals surface area contributed by atoms with Crippen LogP contribution in [0.5, 0.6) is 5.75 Å². The molecule has 1 aliphatic heterocycles. The molecule has 0 saturated heterocycles. The van der Waals surface area contributed by atoms with Gasteiger partial charge in [-0.05, 0) is 61.5 Å². The van der Waals surface area contributed by atoms with Crippen molar-refractivity contribution in [3.8, 4) is 17.1 Å². The molecule has 4 rings (SSSR count). The van der Waals surface area contributed by atoms with Gasteiger partial charge >= 0.3 is 0 Å². The quantitative estimate of drug-likeness (QED) is 0.411. The van der Waals surface area contributed by atoms with Gasteiger partial charge < -0.3 is 19.5 Å². The van der Waals surface area contributed by atoms with Gasteiger partial charge in [0.15, 0.2) is 16.7 Å². The topological polar surface area (TPSA) is 63.4 Å². The number of hydrogen-bond donors (Lipinski definition) is 1. The Balaban J connectivity index is 1.78. The normalized spacial score (nSPS) is 16.2. The van der Waals surface area contributed by atoms with E-state index in [1.807, 2.05) is 31.2 Å². The van der Waals surface area contributed by atoms with Crippen LogP contribution < -0.4 is 10.1 Å². The Bertz CT molecular complexity index is 1200. The van der Waals surface area contributed by atoms with Gasteiger partial charge in [0, 0.05) is 22.8 Å². The number of unbranched alkanes of at least 4 members (excludes halogenated alkanes) is 1. The van der Waals surface area contributed by atoms with Crippen molar-refractivity contribution in [2.24, 2.45) is 0 Å². The van der Waals surface area contributed by atoms with Crippen molar-refractivity contribution in [2.45, 2.75) is 32.7 Å². The zero-order valence-electron chi connectivity index (χ0n) is 18.6. The molecular weight excluding hydrogens is 463 g/mol. The van der Waals surface area contributed by atoms with Crippen LogP contribution in [0.4, 0.5) is 4.39 Å². The van der Waals surface area contributed by atoms with E-state index in [-0.39, 0.29) is 17.6 Å². The number of halogens is 2. The van der Waals surface area contributed by atoms with E-state index in [0.717, 1.165) is 36.2 Å². The zero-order valence-corrected chi connectivity index (χ0v) is 20.1. The number of hydrogen-bond acceptors (Lipinski definition) is 5. The van der Waals surface area contributed by atoms with Crippen molar-refractivity contribution in [1.29, 1.82) is 0 Å². The summed E-state index contributed by atoms with van der Waals surface area (Å²) in [5.74, 6) is 0.289. The summed E-state index contributed by atoms with van der Waals surface area (Å²) in [6, 6.07) is 11.8. The molecule has 0 bridgehead atoms. The molecule has 3 aromatic rings. The number of allylic oxidation sites excluding steroid dienone is 1. The first-order valence-electron chi connectivity index (χ1n) is 10.6. The lowest BCUT2D eigenvalue weighted by Crippen LogP contribution is -2.46. The second-order valence-corrected chi connectivity index (χ2v) is 8.53. The van der Waals surface area contributed by atoms with Crippen molar-refractivity contribution in [3.05, 3.63) is 70.5 Å². The molecule has 1 aromatic heterocycles. The lowest BCUT2D eigenvalue weighted by atomic mass is 9.94. The number of ether oxygens (including phenoxy) is 1. The Kier molecular flexibility index (Phi) is 6.95. The molecule has 0 fully saturated rings. The fourth-order valence-corrected chi connectivity index (χ4v) is 4.28. The highest BCUT2D eigenvalue weighted by molar-refractivity contribution is 7.80. The molecule has 2 heterocycles. The lowest BCUT2D eigenvalue weighted by molar-refractivity contribution is 0.386. The van der Waals surface area contributed by atoms with Gasteiger partial charge in [0.2, 0.25) is 5.82 Å². The first kappa shape index (κ1) is 23.2. The Hall–Kier alpha value is -2.97. The molecular formula is C24H24ClFN4O2S. The smallest absolute Gasteiger partial charge is 0.258 e. The maximum absolute atomic E-state index is 14.2. The molecule has 2 aromatic carbocycles. The van der Waals surface area contributed by atoms with Crippen molar-refractivity contribution < 1.29 is 13.7 Å². The van der Waals surface area contributed by atoms with E-state index in [1.54, 1.807) is 6.07 Å². The van der Waals surface area contributed by atoms with Gasteiger partial charge in [0.25, 0.3) is 5.89 Å². The highest BCUT2D eigenvalue weighted by Crippen LogP contribution is 2.38.